The molecule has 1 amide bonds. The number of hydrogen-bond acceptors (Lipinski definition) is 8. The molecule has 0 aliphatic carbocycles. The molecule has 1 N–H and O–H groups in total. The summed E-state index contributed by atoms with van der Waals surface area (Å²) in [5.41, 5.74) is 1.35. The lowest BCUT2D eigenvalue weighted by atomic mass is 10.2. The predicted octanol–water partition coefficient (Wildman–Crippen LogP) is 2.42. The lowest BCUT2D eigenvalue weighted by Gasteiger charge is -2.10. The van der Waals surface area contributed by atoms with Crippen LogP contribution in [0, 0.1) is 0 Å². The number of nitrogens with zero attached hydrogens (tertiary/aromatic N) is 4. The highest BCUT2D eigenvalue weighted by molar-refractivity contribution is 7.99. The van der Waals surface area contributed by atoms with Gasteiger partial charge in [-0.3, -0.25) is 4.79 Å². The zero-order chi connectivity index (χ0) is 19.9. The second-order valence-corrected chi connectivity index (χ2v) is 6.42. The number of amides is 1. The molecule has 0 radical (unpaired) electrons. The van der Waals surface area contributed by atoms with Crippen molar-refractivity contribution in [1.82, 2.24) is 20.2 Å². The molecule has 146 valence electrons. The highest BCUT2D eigenvalue weighted by Gasteiger charge is 2.13. The predicted molar refractivity (Wildman–Crippen MR) is 105 cm³/mol. The summed E-state index contributed by atoms with van der Waals surface area (Å²) < 4.78 is 17.2. The molecule has 0 fully saturated rings. The average Bonchev–Trinajstić information content (AvgIpc) is 3.21. The van der Waals surface area contributed by atoms with Crippen LogP contribution in [0.2, 0.25) is 0 Å². The second kappa shape index (κ2) is 9.09. The number of tetrazole rings is 1. The Labute approximate surface area is 166 Å². The number of carbonyl (C=O) groups is 1. The first-order valence-electron chi connectivity index (χ1n) is 8.22. The van der Waals surface area contributed by atoms with Crippen molar-refractivity contribution >= 4 is 23.4 Å². The van der Waals surface area contributed by atoms with Crippen LogP contribution in [0.4, 0.5) is 5.69 Å². The van der Waals surface area contributed by atoms with Gasteiger partial charge in [0.15, 0.2) is 11.5 Å². The summed E-state index contributed by atoms with van der Waals surface area (Å²) in [5, 5.41) is 15.0. The lowest BCUT2D eigenvalue weighted by Crippen LogP contribution is -2.14. The summed E-state index contributed by atoms with van der Waals surface area (Å²) in [6, 6.07) is 12.5. The molecule has 9 nitrogen and oxygen atoms in total. The van der Waals surface area contributed by atoms with Crippen LogP contribution in [0.15, 0.2) is 47.6 Å². The number of anilines is 1. The molecule has 1 aromatic heterocycles. The van der Waals surface area contributed by atoms with Gasteiger partial charge < -0.3 is 19.5 Å². The maximum absolute atomic E-state index is 12.3. The molecule has 3 rings (SSSR count). The summed E-state index contributed by atoms with van der Waals surface area (Å²) in [7, 11) is 4.68. The van der Waals surface area contributed by atoms with Crippen molar-refractivity contribution in [3.05, 3.63) is 42.5 Å². The number of ether oxygens (including phenoxy) is 3. The minimum atomic E-state index is -0.197. The number of carbonyl (C=O) groups excluding carboxylic acids is 1. The molecule has 0 aliphatic heterocycles. The molecule has 0 spiro atoms. The van der Waals surface area contributed by atoms with E-state index in [4.69, 9.17) is 14.2 Å². The van der Waals surface area contributed by atoms with Gasteiger partial charge >= 0.3 is 0 Å². The largest absolute Gasteiger partial charge is 0.497 e. The highest BCUT2D eigenvalue weighted by Crippen LogP contribution is 2.30. The van der Waals surface area contributed by atoms with Crippen molar-refractivity contribution < 1.29 is 19.0 Å². The normalized spacial score (nSPS) is 10.4. The molecule has 2 aromatic carbocycles. The number of nitrogens with one attached hydrogen (secondary N) is 1. The zero-order valence-electron chi connectivity index (χ0n) is 15.6. The number of aromatic nitrogens is 4. The number of rotatable bonds is 8. The molecule has 1 heterocycles. The van der Waals surface area contributed by atoms with Gasteiger partial charge in [0.05, 0.1) is 32.8 Å². The van der Waals surface area contributed by atoms with Crippen LogP contribution < -0.4 is 19.5 Å². The van der Waals surface area contributed by atoms with Crippen LogP contribution in [-0.2, 0) is 4.79 Å². The number of hydrogen-bond donors (Lipinski definition) is 1. The van der Waals surface area contributed by atoms with E-state index in [-0.39, 0.29) is 11.7 Å². The molecule has 0 saturated heterocycles. The Hall–Kier alpha value is -3.27. The Morgan fingerprint density at radius 2 is 1.89 bits per heavy atom. The summed E-state index contributed by atoms with van der Waals surface area (Å²) in [6.07, 6.45) is 0. The standard InChI is InChI=1S/C18H19N5O4S/c1-25-14-6-4-5-13(10-14)23-18(20-21-22-23)28-11-17(24)19-12-7-8-15(26-2)16(9-12)27-3/h4-10H,11H2,1-3H3,(H,19,24). The second-order valence-electron chi connectivity index (χ2n) is 5.48. The summed E-state index contributed by atoms with van der Waals surface area (Å²) in [4.78, 5) is 12.3. The van der Waals surface area contributed by atoms with Gasteiger partial charge in [-0.05, 0) is 34.7 Å². The summed E-state index contributed by atoms with van der Waals surface area (Å²) >= 11 is 1.23. The number of benzene rings is 2. The van der Waals surface area contributed by atoms with Crippen molar-refractivity contribution in [1.29, 1.82) is 0 Å². The Bertz CT molecular complexity index is 963. The molecule has 3 aromatic rings. The van der Waals surface area contributed by atoms with E-state index in [1.807, 2.05) is 24.3 Å². The number of methoxy groups -OCH3 is 3. The van der Waals surface area contributed by atoms with Gasteiger partial charge in [-0.1, -0.05) is 17.8 Å². The molecular formula is C18H19N5O4S. The quantitative estimate of drug-likeness (QED) is 0.575. The first-order chi connectivity index (χ1) is 13.6. The van der Waals surface area contributed by atoms with Crippen molar-refractivity contribution in [3.8, 4) is 22.9 Å². The van der Waals surface area contributed by atoms with E-state index in [9.17, 15) is 4.79 Å². The van der Waals surface area contributed by atoms with Crippen molar-refractivity contribution in [2.75, 3.05) is 32.4 Å². The molecule has 0 saturated carbocycles. The fourth-order valence-corrected chi connectivity index (χ4v) is 3.11. The van der Waals surface area contributed by atoms with E-state index in [0.29, 0.717) is 28.1 Å². The van der Waals surface area contributed by atoms with Crippen LogP contribution >= 0.6 is 11.8 Å². The van der Waals surface area contributed by atoms with E-state index in [1.54, 1.807) is 37.1 Å². The fraction of sp³-hybridized carbons (Fsp3) is 0.222. The Morgan fingerprint density at radius 1 is 1.07 bits per heavy atom. The maximum atomic E-state index is 12.3. The van der Waals surface area contributed by atoms with Gasteiger partial charge in [0.25, 0.3) is 0 Å². The van der Waals surface area contributed by atoms with Crippen LogP contribution in [0.5, 0.6) is 17.2 Å². The lowest BCUT2D eigenvalue weighted by molar-refractivity contribution is -0.113. The van der Waals surface area contributed by atoms with Gasteiger partial charge in [0, 0.05) is 17.8 Å². The van der Waals surface area contributed by atoms with Gasteiger partial charge in [-0.2, -0.15) is 4.68 Å². The topological polar surface area (TPSA) is 100 Å². The van der Waals surface area contributed by atoms with E-state index < -0.39 is 0 Å². The van der Waals surface area contributed by atoms with E-state index in [2.05, 4.69) is 20.8 Å². The molecule has 28 heavy (non-hydrogen) atoms. The summed E-state index contributed by atoms with van der Waals surface area (Å²) in [5.74, 6) is 1.76. The SMILES string of the molecule is COc1cccc(-n2nnnc2SCC(=O)Nc2ccc(OC)c(OC)c2)c1. The molecule has 0 unspecified atom stereocenters. The van der Waals surface area contributed by atoms with E-state index in [0.717, 1.165) is 5.69 Å². The molecular weight excluding hydrogens is 382 g/mol. The first kappa shape index (κ1) is 19.5. The highest BCUT2D eigenvalue weighted by atomic mass is 32.2. The van der Waals surface area contributed by atoms with E-state index in [1.165, 1.54) is 18.9 Å². The number of thioether (sulfide) groups is 1. The molecule has 0 atom stereocenters. The third-order valence-electron chi connectivity index (χ3n) is 3.74. The van der Waals surface area contributed by atoms with Crippen molar-refractivity contribution in [2.24, 2.45) is 0 Å². The van der Waals surface area contributed by atoms with Crippen LogP contribution in [0.3, 0.4) is 0 Å². The van der Waals surface area contributed by atoms with E-state index >= 15 is 0 Å². The fourth-order valence-electron chi connectivity index (χ4n) is 2.41. The van der Waals surface area contributed by atoms with Crippen LogP contribution in [0.1, 0.15) is 0 Å². The third-order valence-corrected chi connectivity index (χ3v) is 4.66. The monoisotopic (exact) mass is 401 g/mol. The van der Waals surface area contributed by atoms with Crippen LogP contribution in [-0.4, -0.2) is 53.2 Å². The Morgan fingerprint density at radius 3 is 2.64 bits per heavy atom. The van der Waals surface area contributed by atoms with Gasteiger partial charge in [0.1, 0.15) is 5.75 Å². The van der Waals surface area contributed by atoms with Gasteiger partial charge in [0.2, 0.25) is 11.1 Å². The molecule has 0 aliphatic rings. The molecule has 0 bridgehead atoms. The van der Waals surface area contributed by atoms with Gasteiger partial charge in [-0.15, -0.1) is 5.10 Å². The maximum Gasteiger partial charge on any atom is 0.234 e. The minimum Gasteiger partial charge on any atom is -0.497 e. The summed E-state index contributed by atoms with van der Waals surface area (Å²) in [6.45, 7) is 0. The first-order valence-corrected chi connectivity index (χ1v) is 9.20. The van der Waals surface area contributed by atoms with Gasteiger partial charge in [-0.25, -0.2) is 0 Å². The minimum absolute atomic E-state index is 0.138. The molecule has 10 heteroatoms. The van der Waals surface area contributed by atoms with Crippen LogP contribution in [0.25, 0.3) is 5.69 Å². The Kier molecular flexibility index (Phi) is 6.33. The van der Waals surface area contributed by atoms with Crippen molar-refractivity contribution in [2.45, 2.75) is 5.16 Å². The average molecular weight is 401 g/mol. The van der Waals surface area contributed by atoms with Crippen molar-refractivity contribution in [3.63, 3.8) is 0 Å². The zero-order valence-corrected chi connectivity index (χ0v) is 16.4. The smallest absolute Gasteiger partial charge is 0.234 e. The Balaban J connectivity index is 1.65. The third kappa shape index (κ3) is 4.52.